The van der Waals surface area contributed by atoms with Crippen molar-refractivity contribution >= 4 is 11.6 Å². The lowest BCUT2D eigenvalue weighted by Crippen LogP contribution is -2.26. The molecule has 0 saturated heterocycles. The molecule has 0 aliphatic carbocycles. The quantitative estimate of drug-likeness (QED) is 0.764. The lowest BCUT2D eigenvalue weighted by molar-refractivity contribution is 0.0962. The number of nitrogens with zero attached hydrogens (tertiary/aromatic N) is 2. The fraction of sp³-hybridized carbons (Fsp3) is 0.391. The number of ketones is 2. The lowest BCUT2D eigenvalue weighted by atomic mass is 9.95. The molecular weight excluding hydrogens is 336 g/mol. The van der Waals surface area contributed by atoms with Crippen LogP contribution in [0.2, 0.25) is 0 Å². The zero-order valence-electron chi connectivity index (χ0n) is 16.1. The highest BCUT2D eigenvalue weighted by molar-refractivity contribution is 5.96. The van der Waals surface area contributed by atoms with Gasteiger partial charge in [0.15, 0.2) is 11.6 Å². The van der Waals surface area contributed by atoms with Crippen molar-refractivity contribution in [2.24, 2.45) is 0 Å². The number of likely N-dealkylation sites (N-methyl/N-ethyl adjacent to an activating group) is 1. The van der Waals surface area contributed by atoms with E-state index in [9.17, 15) is 9.59 Å². The van der Waals surface area contributed by atoms with Gasteiger partial charge in [-0.25, -0.2) is 0 Å². The topological polar surface area (TPSA) is 40.6 Å². The summed E-state index contributed by atoms with van der Waals surface area (Å²) in [5.74, 6) is 0.321. The van der Waals surface area contributed by atoms with Gasteiger partial charge in [-0.1, -0.05) is 24.3 Å². The Morgan fingerprint density at radius 1 is 0.889 bits per heavy atom. The molecule has 0 amide bonds. The van der Waals surface area contributed by atoms with E-state index >= 15 is 0 Å². The van der Waals surface area contributed by atoms with E-state index in [-0.39, 0.29) is 11.6 Å². The van der Waals surface area contributed by atoms with Crippen LogP contribution in [0.5, 0.6) is 0 Å². The van der Waals surface area contributed by atoms with Gasteiger partial charge in [-0.3, -0.25) is 14.5 Å². The Bertz CT molecular complexity index is 903. The van der Waals surface area contributed by atoms with E-state index in [0.717, 1.165) is 50.3 Å². The first-order valence-electron chi connectivity index (χ1n) is 9.68. The van der Waals surface area contributed by atoms with Gasteiger partial charge in [0.1, 0.15) is 0 Å². The third-order valence-electron chi connectivity index (χ3n) is 5.79. The molecule has 2 aliphatic heterocycles. The van der Waals surface area contributed by atoms with Crippen LogP contribution in [-0.2, 0) is 26.1 Å². The fourth-order valence-electron chi connectivity index (χ4n) is 4.11. The summed E-state index contributed by atoms with van der Waals surface area (Å²) in [6.45, 7) is 6.06. The van der Waals surface area contributed by atoms with Crippen LogP contribution in [0.15, 0.2) is 36.4 Å². The van der Waals surface area contributed by atoms with Crippen LogP contribution >= 0.6 is 0 Å². The van der Waals surface area contributed by atoms with Crippen LogP contribution in [-0.4, -0.2) is 41.5 Å². The van der Waals surface area contributed by atoms with E-state index in [1.807, 2.05) is 24.3 Å². The molecule has 2 heterocycles. The van der Waals surface area contributed by atoms with Crippen molar-refractivity contribution in [3.63, 3.8) is 0 Å². The van der Waals surface area contributed by atoms with Gasteiger partial charge >= 0.3 is 0 Å². The molecule has 2 aliphatic rings. The highest BCUT2D eigenvalue weighted by atomic mass is 16.1. The first-order valence-corrected chi connectivity index (χ1v) is 9.68. The summed E-state index contributed by atoms with van der Waals surface area (Å²) in [6.07, 6.45) is 1.55. The Hall–Kier alpha value is -2.30. The molecule has 0 bridgehead atoms. The molecule has 2 aromatic rings. The molecular formula is C23H26N2O2. The van der Waals surface area contributed by atoms with E-state index in [1.54, 1.807) is 6.92 Å². The minimum absolute atomic E-state index is 0.102. The lowest BCUT2D eigenvalue weighted by Gasteiger charge is -2.25. The maximum absolute atomic E-state index is 12.7. The molecule has 0 spiro atoms. The molecule has 0 radical (unpaired) electrons. The van der Waals surface area contributed by atoms with Crippen molar-refractivity contribution in [3.8, 4) is 0 Å². The zero-order chi connectivity index (χ0) is 19.0. The SMILES string of the molecule is CC(=O)c1ccc2c(c1)CN(CCC(=O)c1ccc3c(c1)CCN(C)C3)C2. The average molecular weight is 362 g/mol. The second-order valence-electron chi connectivity index (χ2n) is 7.89. The number of carbonyl (C=O) groups excluding carboxylic acids is 2. The Labute approximate surface area is 160 Å². The van der Waals surface area contributed by atoms with Crippen LogP contribution in [0.3, 0.4) is 0 Å². The van der Waals surface area contributed by atoms with Crippen LogP contribution < -0.4 is 0 Å². The summed E-state index contributed by atoms with van der Waals surface area (Å²) in [5, 5.41) is 0. The Balaban J connectivity index is 1.37. The van der Waals surface area contributed by atoms with E-state index < -0.39 is 0 Å². The van der Waals surface area contributed by atoms with Gasteiger partial charge in [0.25, 0.3) is 0 Å². The van der Waals surface area contributed by atoms with Crippen molar-refractivity contribution in [3.05, 3.63) is 69.8 Å². The molecule has 0 fully saturated rings. The smallest absolute Gasteiger partial charge is 0.164 e. The highest BCUT2D eigenvalue weighted by Gasteiger charge is 2.21. The average Bonchev–Trinajstić information content (AvgIpc) is 3.07. The second kappa shape index (κ2) is 7.37. The fourth-order valence-corrected chi connectivity index (χ4v) is 4.11. The summed E-state index contributed by atoms with van der Waals surface area (Å²) < 4.78 is 0. The molecule has 0 aromatic heterocycles. The van der Waals surface area contributed by atoms with Gasteiger partial charge in [0.2, 0.25) is 0 Å². The molecule has 2 aromatic carbocycles. The second-order valence-corrected chi connectivity index (χ2v) is 7.89. The number of hydrogen-bond donors (Lipinski definition) is 0. The van der Waals surface area contributed by atoms with Crippen LogP contribution in [0.25, 0.3) is 0 Å². The molecule has 0 unspecified atom stereocenters. The van der Waals surface area contributed by atoms with Gasteiger partial charge in [0.05, 0.1) is 0 Å². The standard InChI is InChI=1S/C23H26N2O2/c1-16(26)17-3-5-21-14-25(15-22(21)11-17)10-8-23(27)19-4-6-20-13-24(2)9-7-18(20)12-19/h3-6,11-12H,7-10,13-15H2,1-2H3. The van der Waals surface area contributed by atoms with Crippen LogP contribution in [0.1, 0.15) is 56.3 Å². The summed E-state index contributed by atoms with van der Waals surface area (Å²) in [7, 11) is 2.13. The Morgan fingerprint density at radius 2 is 1.56 bits per heavy atom. The number of rotatable bonds is 5. The van der Waals surface area contributed by atoms with Crippen molar-refractivity contribution in [1.29, 1.82) is 0 Å². The first-order chi connectivity index (χ1) is 13.0. The zero-order valence-corrected chi connectivity index (χ0v) is 16.1. The van der Waals surface area contributed by atoms with E-state index in [2.05, 4.69) is 29.0 Å². The van der Waals surface area contributed by atoms with Gasteiger partial charge < -0.3 is 4.90 Å². The summed E-state index contributed by atoms with van der Waals surface area (Å²) in [4.78, 5) is 28.8. The molecule has 4 nitrogen and oxygen atoms in total. The predicted octanol–water partition coefficient (Wildman–Crippen LogP) is 3.47. The third-order valence-corrected chi connectivity index (χ3v) is 5.79. The van der Waals surface area contributed by atoms with Gasteiger partial charge in [-0.15, -0.1) is 0 Å². The maximum Gasteiger partial charge on any atom is 0.164 e. The maximum atomic E-state index is 12.7. The highest BCUT2D eigenvalue weighted by Crippen LogP contribution is 2.25. The molecule has 140 valence electrons. The number of Topliss-reactive ketones (excluding diaryl/α,β-unsaturated/α-hetero) is 2. The number of benzene rings is 2. The molecule has 0 atom stereocenters. The first kappa shape index (κ1) is 18.1. The summed E-state index contributed by atoms with van der Waals surface area (Å²) in [6, 6.07) is 12.2. The van der Waals surface area contributed by atoms with Crippen molar-refractivity contribution in [2.45, 2.75) is 39.4 Å². The minimum Gasteiger partial charge on any atom is -0.302 e. The minimum atomic E-state index is 0.102. The largest absolute Gasteiger partial charge is 0.302 e. The third kappa shape index (κ3) is 3.87. The number of hydrogen-bond acceptors (Lipinski definition) is 4. The Kier molecular flexibility index (Phi) is 4.94. The monoisotopic (exact) mass is 362 g/mol. The van der Waals surface area contributed by atoms with Crippen molar-refractivity contribution in [1.82, 2.24) is 9.80 Å². The molecule has 4 rings (SSSR count). The molecule has 4 heteroatoms. The molecule has 27 heavy (non-hydrogen) atoms. The van der Waals surface area contributed by atoms with E-state index in [1.165, 1.54) is 22.3 Å². The van der Waals surface area contributed by atoms with Gasteiger partial charge in [-0.05, 0) is 54.8 Å². The van der Waals surface area contributed by atoms with Crippen molar-refractivity contribution < 1.29 is 9.59 Å². The molecule has 0 N–H and O–H groups in total. The Morgan fingerprint density at radius 3 is 2.33 bits per heavy atom. The van der Waals surface area contributed by atoms with E-state index in [0.29, 0.717) is 6.42 Å². The van der Waals surface area contributed by atoms with Crippen LogP contribution in [0, 0.1) is 0 Å². The predicted molar refractivity (Wildman–Crippen MR) is 106 cm³/mol. The number of carbonyl (C=O) groups is 2. The number of fused-ring (bicyclic) bond motifs is 2. The summed E-state index contributed by atoms with van der Waals surface area (Å²) >= 11 is 0. The molecule has 0 saturated carbocycles. The van der Waals surface area contributed by atoms with E-state index in [4.69, 9.17) is 0 Å². The normalized spacial score (nSPS) is 16.8. The van der Waals surface area contributed by atoms with Gasteiger partial charge in [0, 0.05) is 50.3 Å². The summed E-state index contributed by atoms with van der Waals surface area (Å²) in [5.41, 5.74) is 6.76. The van der Waals surface area contributed by atoms with Crippen LogP contribution in [0.4, 0.5) is 0 Å². The van der Waals surface area contributed by atoms with Crippen molar-refractivity contribution in [2.75, 3.05) is 20.1 Å². The van der Waals surface area contributed by atoms with Gasteiger partial charge in [-0.2, -0.15) is 0 Å².